The molecule has 104 valence electrons. The summed E-state index contributed by atoms with van der Waals surface area (Å²) in [5, 5.41) is 16.5. The first-order chi connectivity index (χ1) is 10.1. The number of rotatable bonds is 2. The first-order valence-electron chi connectivity index (χ1n) is 6.48. The van der Waals surface area contributed by atoms with Crippen LogP contribution in [0.2, 0.25) is 0 Å². The third-order valence-electron chi connectivity index (χ3n) is 3.43. The van der Waals surface area contributed by atoms with Gasteiger partial charge in [0, 0.05) is 23.0 Å². The van der Waals surface area contributed by atoms with E-state index in [0.29, 0.717) is 11.3 Å². The van der Waals surface area contributed by atoms with Gasteiger partial charge in [0.25, 0.3) is 0 Å². The average Bonchev–Trinajstić information content (AvgIpc) is 3.08. The Morgan fingerprint density at radius 1 is 1.33 bits per heavy atom. The molecule has 0 aliphatic heterocycles. The normalized spacial score (nSPS) is 10.5. The molecule has 6 heteroatoms. The summed E-state index contributed by atoms with van der Waals surface area (Å²) < 4.78 is 0. The van der Waals surface area contributed by atoms with Gasteiger partial charge in [0.15, 0.2) is 0 Å². The number of nitrogens with one attached hydrogen (secondary N) is 2. The molecule has 21 heavy (non-hydrogen) atoms. The molecule has 0 fully saturated rings. The second kappa shape index (κ2) is 4.80. The van der Waals surface area contributed by atoms with Gasteiger partial charge in [-0.05, 0) is 32.0 Å². The van der Waals surface area contributed by atoms with Crippen LogP contribution in [0.15, 0.2) is 24.4 Å². The molecule has 0 aromatic carbocycles. The van der Waals surface area contributed by atoms with Crippen LogP contribution in [0.1, 0.15) is 17.0 Å². The molecule has 3 rings (SSSR count). The molecule has 0 radical (unpaired) electrons. The van der Waals surface area contributed by atoms with Crippen molar-refractivity contribution in [3.05, 3.63) is 41.3 Å². The zero-order chi connectivity index (χ0) is 15.0. The second-order valence-corrected chi connectivity index (χ2v) is 4.82. The quantitative estimate of drug-likeness (QED) is 0.669. The molecule has 3 heterocycles. The first-order valence-corrected chi connectivity index (χ1v) is 6.48. The predicted molar refractivity (Wildman–Crippen MR) is 80.2 cm³/mol. The summed E-state index contributed by atoms with van der Waals surface area (Å²) in [4.78, 5) is 7.41. The fourth-order valence-corrected chi connectivity index (χ4v) is 2.45. The standard InChI is InChI=1S/C15H14N6/c1-8-14(9(2)21-20-8)10-6-13(12-4-3-5-18-12)19-15(17)11(10)7-16/h3-6,18H,1-2H3,(H2,17,19)(H,20,21). The minimum Gasteiger partial charge on any atom is -0.383 e. The van der Waals surface area contributed by atoms with Crippen LogP contribution in [0.4, 0.5) is 5.82 Å². The zero-order valence-corrected chi connectivity index (χ0v) is 11.7. The largest absolute Gasteiger partial charge is 0.383 e. The maximum Gasteiger partial charge on any atom is 0.142 e. The molecule has 6 nitrogen and oxygen atoms in total. The molecule has 0 saturated heterocycles. The summed E-state index contributed by atoms with van der Waals surface area (Å²) >= 11 is 0. The third kappa shape index (κ3) is 2.05. The Hall–Kier alpha value is -3.07. The first kappa shape index (κ1) is 12.9. The number of anilines is 1. The van der Waals surface area contributed by atoms with Gasteiger partial charge in [-0.25, -0.2) is 4.98 Å². The van der Waals surface area contributed by atoms with Gasteiger partial charge in [-0.2, -0.15) is 10.4 Å². The van der Waals surface area contributed by atoms with E-state index in [1.807, 2.05) is 38.2 Å². The van der Waals surface area contributed by atoms with Crippen molar-refractivity contribution in [2.75, 3.05) is 5.73 Å². The van der Waals surface area contributed by atoms with Crippen molar-refractivity contribution in [1.82, 2.24) is 20.2 Å². The monoisotopic (exact) mass is 278 g/mol. The number of hydrogen-bond donors (Lipinski definition) is 3. The van der Waals surface area contributed by atoms with E-state index in [9.17, 15) is 5.26 Å². The van der Waals surface area contributed by atoms with E-state index in [-0.39, 0.29) is 5.82 Å². The Labute approximate surface area is 121 Å². The lowest BCUT2D eigenvalue weighted by Gasteiger charge is -2.09. The molecule has 0 bridgehead atoms. The lowest BCUT2D eigenvalue weighted by Crippen LogP contribution is -2.00. The molecule has 0 aliphatic carbocycles. The Balaban J connectivity index is 2.31. The number of H-pyrrole nitrogens is 2. The zero-order valence-electron chi connectivity index (χ0n) is 11.7. The van der Waals surface area contributed by atoms with E-state index in [4.69, 9.17) is 5.73 Å². The molecule has 0 saturated carbocycles. The highest BCUT2D eigenvalue weighted by molar-refractivity contribution is 5.81. The number of aromatic amines is 2. The highest BCUT2D eigenvalue weighted by Gasteiger charge is 2.18. The van der Waals surface area contributed by atoms with Crippen molar-refractivity contribution in [2.24, 2.45) is 0 Å². The average molecular weight is 278 g/mol. The van der Waals surface area contributed by atoms with Crippen LogP contribution in [0.3, 0.4) is 0 Å². The maximum absolute atomic E-state index is 9.39. The van der Waals surface area contributed by atoms with E-state index < -0.39 is 0 Å². The predicted octanol–water partition coefficient (Wildman–Crippen LogP) is 2.54. The van der Waals surface area contributed by atoms with Gasteiger partial charge < -0.3 is 10.7 Å². The van der Waals surface area contributed by atoms with E-state index in [1.54, 1.807) is 0 Å². The number of aryl methyl sites for hydroxylation is 2. The number of nitrogens with two attached hydrogens (primary N) is 1. The van der Waals surface area contributed by atoms with Crippen molar-refractivity contribution in [3.63, 3.8) is 0 Å². The molecular formula is C15H14N6. The van der Waals surface area contributed by atoms with Crippen molar-refractivity contribution < 1.29 is 0 Å². The number of nitrogen functional groups attached to an aromatic ring is 1. The van der Waals surface area contributed by atoms with Crippen molar-refractivity contribution in [3.8, 4) is 28.6 Å². The van der Waals surface area contributed by atoms with Crippen LogP contribution in [0.5, 0.6) is 0 Å². The van der Waals surface area contributed by atoms with Gasteiger partial charge in [0.2, 0.25) is 0 Å². The smallest absolute Gasteiger partial charge is 0.142 e. The minimum atomic E-state index is 0.222. The second-order valence-electron chi connectivity index (χ2n) is 4.82. The SMILES string of the molecule is Cc1n[nH]c(C)c1-c1cc(-c2ccc[nH]2)nc(N)c1C#N. The Morgan fingerprint density at radius 3 is 2.71 bits per heavy atom. The molecule has 0 atom stereocenters. The van der Waals surface area contributed by atoms with Gasteiger partial charge >= 0.3 is 0 Å². The molecule has 3 aromatic heterocycles. The molecule has 0 spiro atoms. The molecule has 0 amide bonds. The van der Waals surface area contributed by atoms with Crippen LogP contribution in [0, 0.1) is 25.2 Å². The summed E-state index contributed by atoms with van der Waals surface area (Å²) in [5.41, 5.74) is 11.3. The van der Waals surface area contributed by atoms with Gasteiger partial charge in [0.05, 0.1) is 17.1 Å². The number of nitriles is 1. The summed E-state index contributed by atoms with van der Waals surface area (Å²) in [6.07, 6.45) is 1.82. The lowest BCUT2D eigenvalue weighted by atomic mass is 9.98. The highest BCUT2D eigenvalue weighted by atomic mass is 15.1. The van der Waals surface area contributed by atoms with E-state index in [1.165, 1.54) is 0 Å². The Kier molecular flexibility index (Phi) is 2.95. The van der Waals surface area contributed by atoms with Gasteiger partial charge in [-0.3, -0.25) is 5.10 Å². The topological polar surface area (TPSA) is 107 Å². The summed E-state index contributed by atoms with van der Waals surface area (Å²) in [6, 6.07) is 7.80. The lowest BCUT2D eigenvalue weighted by molar-refractivity contribution is 1.02. The van der Waals surface area contributed by atoms with E-state index in [2.05, 4.69) is 26.2 Å². The summed E-state index contributed by atoms with van der Waals surface area (Å²) in [6.45, 7) is 3.81. The van der Waals surface area contributed by atoms with Crippen molar-refractivity contribution in [1.29, 1.82) is 5.26 Å². The summed E-state index contributed by atoms with van der Waals surface area (Å²) in [5.74, 6) is 0.222. The number of pyridine rings is 1. The van der Waals surface area contributed by atoms with Crippen molar-refractivity contribution in [2.45, 2.75) is 13.8 Å². The van der Waals surface area contributed by atoms with Crippen LogP contribution >= 0.6 is 0 Å². The summed E-state index contributed by atoms with van der Waals surface area (Å²) in [7, 11) is 0. The molecule has 4 N–H and O–H groups in total. The maximum atomic E-state index is 9.39. The Bertz CT molecular complexity index is 816. The number of aromatic nitrogens is 4. The van der Waals surface area contributed by atoms with Crippen LogP contribution < -0.4 is 5.73 Å². The molecule has 0 unspecified atom stereocenters. The molecular weight excluding hydrogens is 264 g/mol. The molecule has 3 aromatic rings. The van der Waals surface area contributed by atoms with Crippen molar-refractivity contribution >= 4 is 5.82 Å². The minimum absolute atomic E-state index is 0.222. The highest BCUT2D eigenvalue weighted by Crippen LogP contribution is 2.33. The Morgan fingerprint density at radius 2 is 2.14 bits per heavy atom. The van der Waals surface area contributed by atoms with Gasteiger partial charge in [0.1, 0.15) is 17.5 Å². The van der Waals surface area contributed by atoms with E-state index in [0.717, 1.165) is 28.2 Å². The number of hydrogen-bond acceptors (Lipinski definition) is 4. The van der Waals surface area contributed by atoms with E-state index >= 15 is 0 Å². The van der Waals surface area contributed by atoms with Gasteiger partial charge in [-0.1, -0.05) is 0 Å². The fraction of sp³-hybridized carbons (Fsp3) is 0.133. The van der Waals surface area contributed by atoms with Crippen LogP contribution in [-0.4, -0.2) is 20.2 Å². The molecule has 0 aliphatic rings. The number of nitrogens with zero attached hydrogens (tertiary/aromatic N) is 3. The van der Waals surface area contributed by atoms with Gasteiger partial charge in [-0.15, -0.1) is 0 Å². The fourth-order valence-electron chi connectivity index (χ4n) is 2.45. The van der Waals surface area contributed by atoms with Crippen LogP contribution in [0.25, 0.3) is 22.5 Å². The van der Waals surface area contributed by atoms with Crippen LogP contribution in [-0.2, 0) is 0 Å². The third-order valence-corrected chi connectivity index (χ3v) is 3.43.